The topological polar surface area (TPSA) is 78.1 Å². The van der Waals surface area contributed by atoms with Gasteiger partial charge in [0.1, 0.15) is 11.6 Å². The number of H-pyrrole nitrogens is 1. The Kier molecular flexibility index (Phi) is 5.15. The molecule has 0 radical (unpaired) electrons. The summed E-state index contributed by atoms with van der Waals surface area (Å²) in [5.74, 6) is -0.0761. The van der Waals surface area contributed by atoms with Crippen LogP contribution >= 0.6 is 11.6 Å². The molecule has 24 heavy (non-hydrogen) atoms. The minimum Gasteiger partial charge on any atom is -0.376 e. The van der Waals surface area contributed by atoms with Crippen LogP contribution in [0.5, 0.6) is 0 Å². The van der Waals surface area contributed by atoms with Crippen molar-refractivity contribution in [3.63, 3.8) is 0 Å². The molecule has 1 fully saturated rings. The van der Waals surface area contributed by atoms with E-state index in [1.807, 2.05) is 18.2 Å². The summed E-state index contributed by atoms with van der Waals surface area (Å²) in [6, 6.07) is 5.65. The van der Waals surface area contributed by atoms with E-state index in [1.54, 1.807) is 23.5 Å². The first-order valence-corrected chi connectivity index (χ1v) is 8.44. The SMILES string of the molecule is O=C(CCl)N1CCCC(Nc2cc(-c3ccncc3)c[nH]c2=O)C1. The summed E-state index contributed by atoms with van der Waals surface area (Å²) in [5, 5.41) is 3.27. The smallest absolute Gasteiger partial charge is 0.271 e. The van der Waals surface area contributed by atoms with E-state index in [-0.39, 0.29) is 23.4 Å². The monoisotopic (exact) mass is 346 g/mol. The fraction of sp³-hybridized carbons (Fsp3) is 0.353. The predicted molar refractivity (Wildman–Crippen MR) is 94.2 cm³/mol. The first-order chi connectivity index (χ1) is 11.7. The van der Waals surface area contributed by atoms with Gasteiger partial charge >= 0.3 is 0 Å². The Bertz CT molecular complexity index is 763. The van der Waals surface area contributed by atoms with Gasteiger partial charge < -0.3 is 15.2 Å². The molecule has 3 heterocycles. The van der Waals surface area contributed by atoms with E-state index in [1.165, 1.54) is 0 Å². The summed E-state index contributed by atoms with van der Waals surface area (Å²) in [6.07, 6.45) is 6.91. The summed E-state index contributed by atoms with van der Waals surface area (Å²) in [4.78, 5) is 32.4. The molecule has 126 valence electrons. The molecule has 1 atom stereocenters. The highest BCUT2D eigenvalue weighted by molar-refractivity contribution is 6.27. The number of anilines is 1. The predicted octanol–water partition coefficient (Wildman–Crippen LogP) is 2.08. The molecule has 2 N–H and O–H groups in total. The molecule has 6 nitrogen and oxygen atoms in total. The quantitative estimate of drug-likeness (QED) is 0.831. The number of amides is 1. The summed E-state index contributed by atoms with van der Waals surface area (Å²) in [6.45, 7) is 1.28. The molecule has 7 heteroatoms. The standard InChI is InChI=1S/C17H19ClN4O2/c18-9-16(23)22-7-1-2-14(11-22)21-15-8-13(10-20-17(15)24)12-3-5-19-6-4-12/h3-6,8,10,14,21H,1-2,7,9,11H2,(H,20,24). The molecule has 1 unspecified atom stereocenters. The number of alkyl halides is 1. The van der Waals surface area contributed by atoms with E-state index >= 15 is 0 Å². The van der Waals surface area contributed by atoms with Gasteiger partial charge in [0.2, 0.25) is 5.91 Å². The number of nitrogens with zero attached hydrogens (tertiary/aromatic N) is 2. The van der Waals surface area contributed by atoms with Crippen LogP contribution in [-0.4, -0.2) is 45.8 Å². The van der Waals surface area contributed by atoms with Crippen molar-refractivity contribution < 1.29 is 4.79 Å². The maximum atomic E-state index is 12.1. The molecular weight excluding hydrogens is 328 g/mol. The largest absolute Gasteiger partial charge is 0.376 e. The summed E-state index contributed by atoms with van der Waals surface area (Å²) in [7, 11) is 0. The second kappa shape index (κ2) is 7.49. The second-order valence-electron chi connectivity index (χ2n) is 5.82. The van der Waals surface area contributed by atoms with Gasteiger partial charge in [0.25, 0.3) is 5.56 Å². The lowest BCUT2D eigenvalue weighted by atomic mass is 10.0. The van der Waals surface area contributed by atoms with Crippen LogP contribution in [0, 0.1) is 0 Å². The minimum atomic E-state index is -0.173. The number of carbonyl (C=O) groups excluding carboxylic acids is 1. The van der Waals surface area contributed by atoms with Gasteiger partial charge in [0, 0.05) is 43.3 Å². The number of likely N-dealkylation sites (tertiary alicyclic amines) is 1. The molecule has 1 aliphatic heterocycles. The number of carbonyl (C=O) groups is 1. The molecule has 0 spiro atoms. The third-order valence-corrected chi connectivity index (χ3v) is 4.39. The van der Waals surface area contributed by atoms with Gasteiger partial charge in [-0.3, -0.25) is 14.6 Å². The number of pyridine rings is 2. The zero-order valence-corrected chi connectivity index (χ0v) is 13.9. The number of aromatic amines is 1. The molecular formula is C17H19ClN4O2. The van der Waals surface area contributed by atoms with Gasteiger partial charge in [-0.1, -0.05) is 0 Å². The number of aromatic nitrogens is 2. The highest BCUT2D eigenvalue weighted by Crippen LogP contribution is 2.20. The van der Waals surface area contributed by atoms with E-state index in [2.05, 4.69) is 15.3 Å². The van der Waals surface area contributed by atoms with Gasteiger partial charge in [-0.15, -0.1) is 11.6 Å². The summed E-state index contributed by atoms with van der Waals surface area (Å²) >= 11 is 5.64. The van der Waals surface area contributed by atoms with Crippen molar-refractivity contribution in [1.29, 1.82) is 0 Å². The lowest BCUT2D eigenvalue weighted by molar-refractivity contribution is -0.129. The third kappa shape index (κ3) is 3.76. The fourth-order valence-electron chi connectivity index (χ4n) is 2.93. The summed E-state index contributed by atoms with van der Waals surface area (Å²) in [5.41, 5.74) is 2.22. The fourth-order valence-corrected chi connectivity index (χ4v) is 3.10. The van der Waals surface area contributed by atoms with Gasteiger partial charge in [0.15, 0.2) is 0 Å². The normalized spacial score (nSPS) is 17.5. The lowest BCUT2D eigenvalue weighted by Crippen LogP contribution is -2.46. The van der Waals surface area contributed by atoms with Crippen molar-refractivity contribution in [2.24, 2.45) is 0 Å². The van der Waals surface area contributed by atoms with Crippen molar-refractivity contribution in [2.75, 3.05) is 24.3 Å². The molecule has 1 amide bonds. The molecule has 3 rings (SSSR count). The highest BCUT2D eigenvalue weighted by atomic mass is 35.5. The Morgan fingerprint density at radius 3 is 2.92 bits per heavy atom. The first kappa shape index (κ1) is 16.5. The Balaban J connectivity index is 1.77. The number of hydrogen-bond donors (Lipinski definition) is 2. The molecule has 2 aromatic rings. The van der Waals surface area contributed by atoms with Crippen LogP contribution in [0.2, 0.25) is 0 Å². The van der Waals surface area contributed by atoms with Crippen LogP contribution in [0.15, 0.2) is 41.6 Å². The van der Waals surface area contributed by atoms with Crippen LogP contribution in [0.25, 0.3) is 11.1 Å². The Labute approximate surface area is 144 Å². The molecule has 1 aliphatic rings. The van der Waals surface area contributed by atoms with E-state index in [0.29, 0.717) is 12.2 Å². The zero-order valence-electron chi connectivity index (χ0n) is 13.2. The van der Waals surface area contributed by atoms with Crippen LogP contribution in [0.3, 0.4) is 0 Å². The zero-order chi connectivity index (χ0) is 16.9. The number of hydrogen-bond acceptors (Lipinski definition) is 4. The van der Waals surface area contributed by atoms with E-state index in [0.717, 1.165) is 30.5 Å². The van der Waals surface area contributed by atoms with Crippen molar-refractivity contribution in [3.8, 4) is 11.1 Å². The maximum Gasteiger partial charge on any atom is 0.271 e. The van der Waals surface area contributed by atoms with Crippen molar-refractivity contribution in [3.05, 3.63) is 47.1 Å². The minimum absolute atomic E-state index is 0.00910. The molecule has 2 aromatic heterocycles. The maximum absolute atomic E-state index is 12.1. The Hall–Kier alpha value is -2.34. The second-order valence-corrected chi connectivity index (χ2v) is 6.09. The van der Waals surface area contributed by atoms with E-state index in [9.17, 15) is 9.59 Å². The van der Waals surface area contributed by atoms with Crippen LogP contribution in [0.1, 0.15) is 12.8 Å². The molecule has 1 saturated heterocycles. The molecule has 0 saturated carbocycles. The van der Waals surface area contributed by atoms with Crippen LogP contribution < -0.4 is 10.9 Å². The van der Waals surface area contributed by atoms with Gasteiger partial charge in [-0.05, 0) is 36.6 Å². The van der Waals surface area contributed by atoms with Crippen LogP contribution in [-0.2, 0) is 4.79 Å². The third-order valence-electron chi connectivity index (χ3n) is 4.16. The van der Waals surface area contributed by atoms with Gasteiger partial charge in [0.05, 0.1) is 0 Å². The number of piperidine rings is 1. The van der Waals surface area contributed by atoms with Crippen molar-refractivity contribution >= 4 is 23.2 Å². The van der Waals surface area contributed by atoms with Crippen molar-refractivity contribution in [1.82, 2.24) is 14.9 Å². The Morgan fingerprint density at radius 1 is 1.38 bits per heavy atom. The molecule has 0 bridgehead atoms. The average Bonchev–Trinajstić information content (AvgIpc) is 2.64. The molecule has 0 aromatic carbocycles. The van der Waals surface area contributed by atoms with Crippen LogP contribution in [0.4, 0.5) is 5.69 Å². The number of nitrogens with one attached hydrogen (secondary N) is 2. The number of halogens is 1. The van der Waals surface area contributed by atoms with Gasteiger partial charge in [-0.25, -0.2) is 0 Å². The first-order valence-electron chi connectivity index (χ1n) is 7.91. The highest BCUT2D eigenvalue weighted by Gasteiger charge is 2.23. The van der Waals surface area contributed by atoms with Crippen molar-refractivity contribution in [2.45, 2.75) is 18.9 Å². The number of rotatable bonds is 4. The van der Waals surface area contributed by atoms with E-state index in [4.69, 9.17) is 11.6 Å². The summed E-state index contributed by atoms with van der Waals surface area (Å²) < 4.78 is 0. The Morgan fingerprint density at radius 2 is 2.17 bits per heavy atom. The molecule has 0 aliphatic carbocycles. The van der Waals surface area contributed by atoms with Gasteiger partial charge in [-0.2, -0.15) is 0 Å². The average molecular weight is 347 g/mol. The lowest BCUT2D eigenvalue weighted by Gasteiger charge is -2.33. The van der Waals surface area contributed by atoms with E-state index < -0.39 is 0 Å².